The lowest BCUT2D eigenvalue weighted by Crippen LogP contribution is -2.11. The first kappa shape index (κ1) is 10.3. The van der Waals surface area contributed by atoms with Crippen molar-refractivity contribution in [3.8, 4) is 11.3 Å². The van der Waals surface area contributed by atoms with Gasteiger partial charge in [-0.15, -0.1) is 5.10 Å². The Balaban J connectivity index is 2.16. The predicted octanol–water partition coefficient (Wildman–Crippen LogP) is -0.148. The zero-order valence-corrected chi connectivity index (χ0v) is 8.99. The number of methoxy groups -OCH3 is 1. The summed E-state index contributed by atoms with van der Waals surface area (Å²) in [5.41, 5.74) is 1.54. The molecule has 2 aromatic rings. The maximum absolute atomic E-state index is 11.0. The summed E-state index contributed by atoms with van der Waals surface area (Å²) in [4.78, 5) is 11.0. The zero-order chi connectivity index (χ0) is 11.5. The van der Waals surface area contributed by atoms with Crippen LogP contribution in [0.1, 0.15) is 0 Å². The molecule has 0 saturated heterocycles. The van der Waals surface area contributed by atoms with Gasteiger partial charge in [-0.05, 0) is 0 Å². The maximum atomic E-state index is 11.0. The number of hydrogen-bond acceptors (Lipinski definition) is 5. The highest BCUT2D eigenvalue weighted by molar-refractivity contribution is 5.69. The van der Waals surface area contributed by atoms with Gasteiger partial charge < -0.3 is 4.74 Å². The summed E-state index contributed by atoms with van der Waals surface area (Å²) in [5.74, 6) is -0.359. The van der Waals surface area contributed by atoms with E-state index in [0.717, 1.165) is 5.56 Å². The van der Waals surface area contributed by atoms with Gasteiger partial charge in [0.05, 0.1) is 19.5 Å². The minimum absolute atomic E-state index is 0.0593. The Morgan fingerprint density at radius 1 is 1.50 bits per heavy atom. The van der Waals surface area contributed by atoms with Crippen LogP contribution in [0.4, 0.5) is 0 Å². The number of ether oxygens (including phenoxy) is 1. The first-order valence-corrected chi connectivity index (χ1v) is 4.65. The first-order valence-electron chi connectivity index (χ1n) is 4.65. The number of rotatable bonds is 3. The molecule has 2 rings (SSSR count). The van der Waals surface area contributed by atoms with Crippen LogP contribution in [0.5, 0.6) is 0 Å². The zero-order valence-electron chi connectivity index (χ0n) is 8.99. The van der Waals surface area contributed by atoms with Crippen molar-refractivity contribution < 1.29 is 9.53 Å². The van der Waals surface area contributed by atoms with E-state index in [2.05, 4.69) is 20.1 Å². The van der Waals surface area contributed by atoms with Gasteiger partial charge in [0, 0.05) is 18.8 Å². The van der Waals surface area contributed by atoms with Crippen LogP contribution in [0.2, 0.25) is 0 Å². The fourth-order valence-corrected chi connectivity index (χ4v) is 1.26. The summed E-state index contributed by atoms with van der Waals surface area (Å²) in [7, 11) is 3.16. The number of nitrogens with zero attached hydrogens (tertiary/aromatic N) is 5. The van der Waals surface area contributed by atoms with Crippen molar-refractivity contribution in [1.82, 2.24) is 24.8 Å². The van der Waals surface area contributed by atoms with Crippen LogP contribution in [-0.4, -0.2) is 37.9 Å². The van der Waals surface area contributed by atoms with Crippen molar-refractivity contribution in [2.24, 2.45) is 7.05 Å². The molecule has 0 saturated carbocycles. The summed E-state index contributed by atoms with van der Waals surface area (Å²) in [6.45, 7) is 0.0593. The molecule has 0 aliphatic carbocycles. The van der Waals surface area contributed by atoms with Crippen LogP contribution in [-0.2, 0) is 23.1 Å². The number of aryl methyl sites for hydroxylation is 1. The van der Waals surface area contributed by atoms with Crippen molar-refractivity contribution in [3.05, 3.63) is 18.6 Å². The van der Waals surface area contributed by atoms with Crippen molar-refractivity contribution in [1.29, 1.82) is 0 Å². The average Bonchev–Trinajstić information content (AvgIpc) is 2.87. The Kier molecular flexibility index (Phi) is 2.67. The lowest BCUT2D eigenvalue weighted by molar-refractivity contribution is -0.141. The van der Waals surface area contributed by atoms with Crippen molar-refractivity contribution in [3.63, 3.8) is 0 Å². The van der Waals surface area contributed by atoms with E-state index in [1.54, 1.807) is 17.1 Å². The van der Waals surface area contributed by atoms with Gasteiger partial charge in [0.1, 0.15) is 12.2 Å². The third kappa shape index (κ3) is 2.08. The number of carbonyl (C=O) groups is 1. The fraction of sp³-hybridized carbons (Fsp3) is 0.333. The normalized spacial score (nSPS) is 10.4. The molecule has 7 nitrogen and oxygen atoms in total. The number of aromatic nitrogens is 5. The molecule has 0 bridgehead atoms. The molecule has 0 aliphatic heterocycles. The Labute approximate surface area is 91.6 Å². The van der Waals surface area contributed by atoms with Crippen LogP contribution >= 0.6 is 0 Å². The molecular weight excluding hydrogens is 210 g/mol. The molecule has 0 N–H and O–H groups in total. The van der Waals surface area contributed by atoms with Crippen molar-refractivity contribution in [2.75, 3.05) is 7.11 Å². The largest absolute Gasteiger partial charge is 0.468 e. The highest BCUT2D eigenvalue weighted by Gasteiger charge is 2.08. The van der Waals surface area contributed by atoms with E-state index in [1.165, 1.54) is 11.8 Å². The van der Waals surface area contributed by atoms with E-state index >= 15 is 0 Å². The molecule has 0 radical (unpaired) electrons. The second-order valence-electron chi connectivity index (χ2n) is 3.28. The van der Waals surface area contributed by atoms with Crippen LogP contribution in [0.15, 0.2) is 18.6 Å². The maximum Gasteiger partial charge on any atom is 0.327 e. The van der Waals surface area contributed by atoms with E-state index in [1.807, 2.05) is 13.2 Å². The average molecular weight is 221 g/mol. The molecule has 0 fully saturated rings. The Morgan fingerprint density at radius 3 is 2.94 bits per heavy atom. The highest BCUT2D eigenvalue weighted by atomic mass is 16.5. The number of esters is 1. The van der Waals surface area contributed by atoms with Crippen LogP contribution < -0.4 is 0 Å². The Hall–Kier alpha value is -2.18. The minimum atomic E-state index is -0.359. The molecular formula is C9H11N5O2. The molecule has 0 unspecified atom stereocenters. The van der Waals surface area contributed by atoms with Crippen molar-refractivity contribution >= 4 is 5.97 Å². The van der Waals surface area contributed by atoms with Gasteiger partial charge in [0.2, 0.25) is 0 Å². The summed E-state index contributed by atoms with van der Waals surface area (Å²) in [5, 5.41) is 11.8. The summed E-state index contributed by atoms with van der Waals surface area (Å²) >= 11 is 0. The van der Waals surface area contributed by atoms with Gasteiger partial charge in [-0.3, -0.25) is 9.48 Å². The van der Waals surface area contributed by atoms with Crippen LogP contribution in [0.3, 0.4) is 0 Å². The van der Waals surface area contributed by atoms with Gasteiger partial charge in [-0.1, -0.05) is 5.21 Å². The number of carbonyl (C=O) groups excluding carboxylic acids is 1. The summed E-state index contributed by atoms with van der Waals surface area (Å²) < 4.78 is 7.63. The molecule has 0 amide bonds. The molecule has 7 heteroatoms. The van der Waals surface area contributed by atoms with Gasteiger partial charge in [-0.25, -0.2) is 4.68 Å². The van der Waals surface area contributed by atoms with Gasteiger partial charge in [0.15, 0.2) is 0 Å². The monoisotopic (exact) mass is 221 g/mol. The molecule has 84 valence electrons. The van der Waals surface area contributed by atoms with Gasteiger partial charge >= 0.3 is 5.97 Å². The SMILES string of the molecule is COC(=O)Cn1cc(-c2cnn(C)c2)nn1. The van der Waals surface area contributed by atoms with Crippen molar-refractivity contribution in [2.45, 2.75) is 6.54 Å². The molecule has 0 spiro atoms. The fourth-order valence-electron chi connectivity index (χ4n) is 1.26. The molecule has 16 heavy (non-hydrogen) atoms. The topological polar surface area (TPSA) is 74.8 Å². The second-order valence-corrected chi connectivity index (χ2v) is 3.28. The van der Waals surface area contributed by atoms with E-state index in [4.69, 9.17) is 0 Å². The van der Waals surface area contributed by atoms with E-state index in [9.17, 15) is 4.79 Å². The Bertz CT molecular complexity index is 501. The molecule has 0 atom stereocenters. The summed E-state index contributed by atoms with van der Waals surface area (Å²) in [6, 6.07) is 0. The lowest BCUT2D eigenvalue weighted by Gasteiger charge is -1.96. The quantitative estimate of drug-likeness (QED) is 0.674. The van der Waals surface area contributed by atoms with Crippen LogP contribution in [0, 0.1) is 0 Å². The molecule has 0 aliphatic rings. The lowest BCUT2D eigenvalue weighted by atomic mass is 10.3. The van der Waals surface area contributed by atoms with Gasteiger partial charge in [-0.2, -0.15) is 5.10 Å². The van der Waals surface area contributed by atoms with Gasteiger partial charge in [0.25, 0.3) is 0 Å². The molecule has 0 aromatic carbocycles. The Morgan fingerprint density at radius 2 is 2.31 bits per heavy atom. The smallest absolute Gasteiger partial charge is 0.327 e. The number of hydrogen-bond donors (Lipinski definition) is 0. The predicted molar refractivity (Wildman–Crippen MR) is 54.2 cm³/mol. The van der Waals surface area contributed by atoms with E-state index < -0.39 is 0 Å². The third-order valence-electron chi connectivity index (χ3n) is 2.06. The second kappa shape index (κ2) is 4.13. The standard InChI is InChI=1S/C9H11N5O2/c1-13-4-7(3-10-13)8-5-14(12-11-8)6-9(15)16-2/h3-5H,6H2,1-2H3. The van der Waals surface area contributed by atoms with E-state index in [-0.39, 0.29) is 12.5 Å². The van der Waals surface area contributed by atoms with E-state index in [0.29, 0.717) is 5.69 Å². The third-order valence-corrected chi connectivity index (χ3v) is 2.06. The molecule has 2 aromatic heterocycles. The summed E-state index contributed by atoms with van der Waals surface area (Å²) in [6.07, 6.45) is 5.19. The minimum Gasteiger partial charge on any atom is -0.468 e. The first-order chi connectivity index (χ1) is 7.69. The molecule has 2 heterocycles. The van der Waals surface area contributed by atoms with Crippen LogP contribution in [0.25, 0.3) is 11.3 Å². The highest BCUT2D eigenvalue weighted by Crippen LogP contribution is 2.13.